The number of ether oxygens (including phenoxy) is 2. The number of hydrogen-bond donors (Lipinski definition) is 2. The lowest BCUT2D eigenvalue weighted by atomic mass is 10.2. The lowest BCUT2D eigenvalue weighted by Gasteiger charge is -2.11. The SMILES string of the molecule is I.NC(=NCC1CCCO1)NCCOc1c(Cl)cc(Cl)cc1Cl. The predicted octanol–water partition coefficient (Wildman–Crippen LogP) is 3.73. The van der Waals surface area contributed by atoms with Crippen molar-refractivity contribution in [2.75, 3.05) is 26.3 Å². The van der Waals surface area contributed by atoms with Crippen LogP contribution in [0.5, 0.6) is 5.75 Å². The topological polar surface area (TPSA) is 68.9 Å². The maximum absolute atomic E-state index is 6.02. The van der Waals surface area contributed by atoms with Gasteiger partial charge in [-0.05, 0) is 25.0 Å². The summed E-state index contributed by atoms with van der Waals surface area (Å²) in [7, 11) is 0. The third-order valence-corrected chi connectivity index (χ3v) is 3.89. The van der Waals surface area contributed by atoms with E-state index in [-0.39, 0.29) is 30.1 Å². The van der Waals surface area contributed by atoms with Crippen molar-refractivity contribution in [1.29, 1.82) is 0 Å². The predicted molar refractivity (Wildman–Crippen MR) is 106 cm³/mol. The summed E-state index contributed by atoms with van der Waals surface area (Å²) < 4.78 is 11.0. The van der Waals surface area contributed by atoms with Crippen LogP contribution in [0.25, 0.3) is 0 Å². The van der Waals surface area contributed by atoms with Crippen LogP contribution in [0.2, 0.25) is 15.1 Å². The van der Waals surface area contributed by atoms with Gasteiger partial charge in [0.25, 0.3) is 0 Å². The fourth-order valence-corrected chi connectivity index (χ4v) is 2.97. The van der Waals surface area contributed by atoms with Crippen molar-refractivity contribution in [1.82, 2.24) is 5.32 Å². The number of guanidine groups is 1. The zero-order chi connectivity index (χ0) is 15.9. The van der Waals surface area contributed by atoms with E-state index in [0.717, 1.165) is 19.4 Å². The number of rotatable bonds is 6. The van der Waals surface area contributed by atoms with Crippen LogP contribution >= 0.6 is 58.8 Å². The summed E-state index contributed by atoms with van der Waals surface area (Å²) in [5.74, 6) is 0.775. The van der Waals surface area contributed by atoms with Gasteiger partial charge in [-0.1, -0.05) is 34.8 Å². The molecule has 130 valence electrons. The minimum absolute atomic E-state index is 0. The van der Waals surface area contributed by atoms with Gasteiger partial charge in [-0.25, -0.2) is 0 Å². The summed E-state index contributed by atoms with van der Waals surface area (Å²) in [5.41, 5.74) is 5.77. The lowest BCUT2D eigenvalue weighted by molar-refractivity contribution is 0.117. The zero-order valence-electron chi connectivity index (χ0n) is 12.4. The van der Waals surface area contributed by atoms with Crippen molar-refractivity contribution < 1.29 is 9.47 Å². The first-order valence-electron chi connectivity index (χ1n) is 6.99. The van der Waals surface area contributed by atoms with E-state index in [1.165, 1.54) is 0 Å². The molecule has 1 aromatic carbocycles. The Balaban J connectivity index is 0.00000264. The van der Waals surface area contributed by atoms with E-state index in [2.05, 4.69) is 10.3 Å². The number of nitrogens with two attached hydrogens (primary N) is 1. The van der Waals surface area contributed by atoms with Crippen molar-refractivity contribution >= 4 is 64.7 Å². The molecule has 0 amide bonds. The van der Waals surface area contributed by atoms with E-state index in [1.54, 1.807) is 12.1 Å². The van der Waals surface area contributed by atoms with Gasteiger partial charge < -0.3 is 20.5 Å². The standard InChI is InChI=1S/C14H18Cl3N3O2.HI/c15-9-6-11(16)13(12(17)7-9)22-5-3-19-14(18)20-8-10-2-1-4-21-10;/h6-7,10H,1-5,8H2,(H3,18,19,20);1H. The first-order valence-corrected chi connectivity index (χ1v) is 8.12. The molecular weight excluding hydrogens is 475 g/mol. The van der Waals surface area contributed by atoms with Gasteiger partial charge in [0, 0.05) is 11.6 Å². The smallest absolute Gasteiger partial charge is 0.188 e. The normalized spacial score (nSPS) is 17.7. The second-order valence-electron chi connectivity index (χ2n) is 4.83. The average molecular weight is 495 g/mol. The Hall–Kier alpha value is -0.150. The Morgan fingerprint density at radius 1 is 1.35 bits per heavy atom. The van der Waals surface area contributed by atoms with E-state index >= 15 is 0 Å². The molecule has 1 aliphatic heterocycles. The molecule has 0 bridgehead atoms. The second-order valence-corrected chi connectivity index (χ2v) is 6.09. The number of halogens is 4. The average Bonchev–Trinajstić information content (AvgIpc) is 2.96. The van der Waals surface area contributed by atoms with Gasteiger partial charge in [-0.15, -0.1) is 24.0 Å². The molecule has 5 nitrogen and oxygen atoms in total. The van der Waals surface area contributed by atoms with Crippen LogP contribution in [-0.2, 0) is 4.74 Å². The number of nitrogens with one attached hydrogen (secondary N) is 1. The van der Waals surface area contributed by atoms with Gasteiger partial charge in [0.2, 0.25) is 0 Å². The van der Waals surface area contributed by atoms with Crippen molar-refractivity contribution in [2.24, 2.45) is 10.7 Å². The van der Waals surface area contributed by atoms with Gasteiger partial charge in [-0.2, -0.15) is 0 Å². The minimum atomic E-state index is 0. The number of nitrogens with zero attached hydrogens (tertiary/aromatic N) is 1. The van der Waals surface area contributed by atoms with E-state index in [0.29, 0.717) is 46.5 Å². The molecule has 0 saturated carbocycles. The summed E-state index contributed by atoms with van der Waals surface area (Å²) in [6.07, 6.45) is 2.31. The second kappa shape index (κ2) is 10.7. The van der Waals surface area contributed by atoms with Gasteiger partial charge in [0.05, 0.1) is 29.2 Å². The molecule has 0 spiro atoms. The van der Waals surface area contributed by atoms with E-state index in [1.807, 2.05) is 0 Å². The highest BCUT2D eigenvalue weighted by atomic mass is 127. The van der Waals surface area contributed by atoms with Gasteiger partial charge >= 0.3 is 0 Å². The molecule has 1 fully saturated rings. The van der Waals surface area contributed by atoms with Crippen LogP contribution in [0.3, 0.4) is 0 Å². The summed E-state index contributed by atoms with van der Waals surface area (Å²) in [4.78, 5) is 4.23. The molecule has 1 unspecified atom stereocenters. The summed E-state index contributed by atoms with van der Waals surface area (Å²) in [5, 5.41) is 4.17. The largest absolute Gasteiger partial charge is 0.489 e. The molecule has 0 aromatic heterocycles. The summed E-state index contributed by atoms with van der Waals surface area (Å²) >= 11 is 17.9. The molecule has 2 rings (SSSR count). The fourth-order valence-electron chi connectivity index (χ4n) is 2.04. The lowest BCUT2D eigenvalue weighted by Crippen LogP contribution is -2.35. The van der Waals surface area contributed by atoms with Crippen LogP contribution < -0.4 is 15.8 Å². The molecule has 0 radical (unpaired) electrons. The van der Waals surface area contributed by atoms with Crippen molar-refractivity contribution in [3.63, 3.8) is 0 Å². The molecule has 9 heteroatoms. The third kappa shape index (κ3) is 7.09. The van der Waals surface area contributed by atoms with Gasteiger partial charge in [0.1, 0.15) is 6.61 Å². The van der Waals surface area contributed by atoms with E-state index < -0.39 is 0 Å². The van der Waals surface area contributed by atoms with Crippen molar-refractivity contribution in [2.45, 2.75) is 18.9 Å². The van der Waals surface area contributed by atoms with Crippen molar-refractivity contribution in [3.8, 4) is 5.75 Å². The highest BCUT2D eigenvalue weighted by Crippen LogP contribution is 2.35. The Morgan fingerprint density at radius 2 is 2.04 bits per heavy atom. The summed E-state index contributed by atoms with van der Waals surface area (Å²) in [6.45, 7) is 2.21. The molecule has 0 aliphatic carbocycles. The molecule has 1 heterocycles. The van der Waals surface area contributed by atoms with Crippen LogP contribution in [0.4, 0.5) is 0 Å². The number of hydrogen-bond acceptors (Lipinski definition) is 3. The Kier molecular flexibility index (Phi) is 9.68. The zero-order valence-corrected chi connectivity index (χ0v) is 17.0. The van der Waals surface area contributed by atoms with E-state index in [9.17, 15) is 0 Å². The van der Waals surface area contributed by atoms with E-state index in [4.69, 9.17) is 50.0 Å². The maximum Gasteiger partial charge on any atom is 0.188 e. The Bertz CT molecular complexity index is 517. The molecule has 3 N–H and O–H groups in total. The number of aliphatic imine (C=N–C) groups is 1. The van der Waals surface area contributed by atoms with Gasteiger partial charge in [0.15, 0.2) is 11.7 Å². The summed E-state index contributed by atoms with van der Waals surface area (Å²) in [6, 6.07) is 3.16. The highest BCUT2D eigenvalue weighted by Gasteiger charge is 2.14. The Labute approximate surface area is 167 Å². The Morgan fingerprint density at radius 3 is 2.65 bits per heavy atom. The monoisotopic (exact) mass is 493 g/mol. The minimum Gasteiger partial charge on any atom is -0.489 e. The van der Waals surface area contributed by atoms with Crippen LogP contribution in [0, 0.1) is 0 Å². The highest BCUT2D eigenvalue weighted by molar-refractivity contribution is 14.0. The third-order valence-electron chi connectivity index (χ3n) is 3.11. The molecular formula is C14H19Cl3IN3O2. The first-order chi connectivity index (χ1) is 10.6. The number of benzene rings is 1. The van der Waals surface area contributed by atoms with Crippen LogP contribution in [0.1, 0.15) is 12.8 Å². The van der Waals surface area contributed by atoms with Crippen molar-refractivity contribution in [3.05, 3.63) is 27.2 Å². The maximum atomic E-state index is 6.02. The molecule has 1 aliphatic rings. The van der Waals surface area contributed by atoms with Crippen LogP contribution in [-0.4, -0.2) is 38.4 Å². The quantitative estimate of drug-likeness (QED) is 0.274. The fraction of sp³-hybridized carbons (Fsp3) is 0.500. The molecule has 23 heavy (non-hydrogen) atoms. The molecule has 1 saturated heterocycles. The van der Waals surface area contributed by atoms with Gasteiger partial charge in [-0.3, -0.25) is 4.99 Å². The first kappa shape index (κ1) is 20.9. The van der Waals surface area contributed by atoms with Crippen LogP contribution in [0.15, 0.2) is 17.1 Å². The molecule has 1 aromatic rings. The molecule has 1 atom stereocenters.